The van der Waals surface area contributed by atoms with Gasteiger partial charge in [-0.25, -0.2) is 8.78 Å². The van der Waals surface area contributed by atoms with E-state index >= 15 is 0 Å². The van der Waals surface area contributed by atoms with Gasteiger partial charge in [0.1, 0.15) is 23.5 Å². The van der Waals surface area contributed by atoms with Crippen LogP contribution < -0.4 is 10.1 Å². The SMILES string of the molecule is Fc1ccc(-c2cncc(CCl)c2)cc1.N#Cc1cccc2c1CCC(CNCc1cncc(-c3ccc(F)cc3)c1)O2. The van der Waals surface area contributed by atoms with E-state index in [0.717, 1.165) is 64.1 Å². The molecular weight excluding hydrogens is 566 g/mol. The highest BCUT2D eigenvalue weighted by molar-refractivity contribution is 6.17. The monoisotopic (exact) mass is 594 g/mol. The lowest BCUT2D eigenvalue weighted by molar-refractivity contribution is 0.170. The second kappa shape index (κ2) is 14.5. The molecule has 0 saturated carbocycles. The molecule has 1 N–H and O–H groups in total. The molecular formula is C35H29ClF2N4O. The molecule has 0 bridgehead atoms. The number of fused-ring (bicyclic) bond motifs is 1. The summed E-state index contributed by atoms with van der Waals surface area (Å²) in [5.74, 6) is 0.768. The number of ether oxygens (including phenoxy) is 1. The molecule has 216 valence electrons. The van der Waals surface area contributed by atoms with Crippen molar-refractivity contribution in [2.24, 2.45) is 0 Å². The van der Waals surface area contributed by atoms with Gasteiger partial charge in [0.2, 0.25) is 0 Å². The molecule has 1 atom stereocenters. The summed E-state index contributed by atoms with van der Waals surface area (Å²) in [5, 5.41) is 12.6. The maximum absolute atomic E-state index is 13.1. The van der Waals surface area contributed by atoms with Crippen molar-refractivity contribution in [2.75, 3.05) is 6.54 Å². The van der Waals surface area contributed by atoms with Crippen molar-refractivity contribution in [1.29, 1.82) is 5.26 Å². The zero-order valence-electron chi connectivity index (χ0n) is 23.3. The minimum atomic E-state index is -0.245. The van der Waals surface area contributed by atoms with E-state index in [1.807, 2.05) is 30.5 Å². The average molecular weight is 595 g/mol. The first kappa shape index (κ1) is 29.8. The average Bonchev–Trinajstić information content (AvgIpc) is 3.05. The second-order valence-electron chi connectivity index (χ2n) is 10.1. The fraction of sp³-hybridized carbons (Fsp3) is 0.171. The lowest BCUT2D eigenvalue weighted by Gasteiger charge is -2.27. The molecule has 43 heavy (non-hydrogen) atoms. The van der Waals surface area contributed by atoms with Gasteiger partial charge in [-0.1, -0.05) is 30.3 Å². The smallest absolute Gasteiger partial charge is 0.124 e. The molecule has 1 aliphatic rings. The van der Waals surface area contributed by atoms with Crippen LogP contribution in [0.2, 0.25) is 0 Å². The van der Waals surface area contributed by atoms with Gasteiger partial charge in [0.25, 0.3) is 0 Å². The van der Waals surface area contributed by atoms with Gasteiger partial charge in [-0.3, -0.25) is 9.97 Å². The van der Waals surface area contributed by atoms with Gasteiger partial charge >= 0.3 is 0 Å². The standard InChI is InChI=1S/C23H20FN3O.C12H9ClFN/c24-20-6-4-17(5-7-20)19-10-16(12-26-14-19)13-27-15-21-8-9-22-18(11-25)2-1-3-23(22)28-21;13-6-9-5-11(8-15-7-9)10-1-3-12(14)4-2-10/h1-7,10,12,14,21,27H,8-9,13,15H2;1-5,7-8H,6H2. The highest BCUT2D eigenvalue weighted by atomic mass is 35.5. The molecule has 0 saturated heterocycles. The van der Waals surface area contributed by atoms with Crippen molar-refractivity contribution in [3.8, 4) is 34.1 Å². The van der Waals surface area contributed by atoms with Crippen LogP contribution in [0.4, 0.5) is 8.78 Å². The van der Waals surface area contributed by atoms with Gasteiger partial charge in [-0.2, -0.15) is 5.26 Å². The number of halogens is 3. The number of nitrogens with zero attached hydrogens (tertiary/aromatic N) is 3. The van der Waals surface area contributed by atoms with E-state index in [-0.39, 0.29) is 17.7 Å². The Morgan fingerprint density at radius 3 is 2.02 bits per heavy atom. The van der Waals surface area contributed by atoms with Crippen molar-refractivity contribution in [3.05, 3.63) is 138 Å². The number of aromatic nitrogens is 2. The van der Waals surface area contributed by atoms with Gasteiger partial charge in [0, 0.05) is 60.4 Å². The zero-order valence-corrected chi connectivity index (χ0v) is 24.1. The van der Waals surface area contributed by atoms with E-state index in [1.165, 1.54) is 24.3 Å². The van der Waals surface area contributed by atoms with Gasteiger partial charge in [-0.05, 0) is 83.6 Å². The highest BCUT2D eigenvalue weighted by Crippen LogP contribution is 2.30. The summed E-state index contributed by atoms with van der Waals surface area (Å²) in [6.45, 7) is 1.39. The van der Waals surface area contributed by atoms with E-state index in [2.05, 4.69) is 27.4 Å². The minimum absolute atomic E-state index is 0.0784. The summed E-state index contributed by atoms with van der Waals surface area (Å²) in [6, 6.07) is 24.6. The summed E-state index contributed by atoms with van der Waals surface area (Å²) in [5.41, 5.74) is 7.53. The molecule has 0 radical (unpaired) electrons. The minimum Gasteiger partial charge on any atom is -0.489 e. The molecule has 3 heterocycles. The fourth-order valence-corrected chi connectivity index (χ4v) is 5.00. The second-order valence-corrected chi connectivity index (χ2v) is 10.4. The Labute approximate surface area is 254 Å². The van der Waals surface area contributed by atoms with Crippen LogP contribution in [0.25, 0.3) is 22.3 Å². The third kappa shape index (κ3) is 8.01. The van der Waals surface area contributed by atoms with Crippen molar-refractivity contribution < 1.29 is 13.5 Å². The van der Waals surface area contributed by atoms with E-state index < -0.39 is 0 Å². The van der Waals surface area contributed by atoms with Crippen molar-refractivity contribution in [2.45, 2.75) is 31.4 Å². The molecule has 5 nitrogen and oxygen atoms in total. The lowest BCUT2D eigenvalue weighted by Crippen LogP contribution is -2.34. The molecule has 0 aliphatic carbocycles. The molecule has 6 rings (SSSR count). The molecule has 3 aromatic carbocycles. The summed E-state index contributed by atoms with van der Waals surface area (Å²) >= 11 is 5.71. The zero-order chi connectivity index (χ0) is 30.0. The quantitative estimate of drug-likeness (QED) is 0.194. The van der Waals surface area contributed by atoms with Gasteiger partial charge in [0.15, 0.2) is 0 Å². The fourth-order valence-electron chi connectivity index (χ4n) is 4.85. The van der Waals surface area contributed by atoms with Gasteiger partial charge in [-0.15, -0.1) is 11.6 Å². The molecule has 1 aliphatic heterocycles. The van der Waals surface area contributed by atoms with Crippen LogP contribution in [0.15, 0.2) is 104 Å². The molecule has 1 unspecified atom stereocenters. The number of alkyl halides is 1. The van der Waals surface area contributed by atoms with Crippen molar-refractivity contribution in [3.63, 3.8) is 0 Å². The Morgan fingerprint density at radius 1 is 0.814 bits per heavy atom. The molecule has 5 aromatic rings. The van der Waals surface area contributed by atoms with Crippen molar-refractivity contribution in [1.82, 2.24) is 15.3 Å². The van der Waals surface area contributed by atoms with Gasteiger partial charge < -0.3 is 10.1 Å². The van der Waals surface area contributed by atoms with Crippen LogP contribution in [0, 0.1) is 23.0 Å². The van der Waals surface area contributed by atoms with E-state index in [9.17, 15) is 14.0 Å². The number of hydrogen-bond donors (Lipinski definition) is 1. The van der Waals surface area contributed by atoms with E-state index in [0.29, 0.717) is 18.0 Å². The summed E-state index contributed by atoms with van der Waals surface area (Å²) in [4.78, 5) is 8.38. The van der Waals surface area contributed by atoms with Gasteiger partial charge in [0.05, 0.1) is 11.6 Å². The summed E-state index contributed by atoms with van der Waals surface area (Å²) in [6.07, 6.45) is 8.89. The summed E-state index contributed by atoms with van der Waals surface area (Å²) < 4.78 is 31.9. The molecule has 0 spiro atoms. The van der Waals surface area contributed by atoms with Crippen LogP contribution >= 0.6 is 11.6 Å². The normalized spacial score (nSPS) is 13.6. The molecule has 0 amide bonds. The number of nitrogens with one attached hydrogen (secondary N) is 1. The topological polar surface area (TPSA) is 70.8 Å². The first-order valence-corrected chi connectivity index (χ1v) is 14.4. The number of hydrogen-bond acceptors (Lipinski definition) is 5. The van der Waals surface area contributed by atoms with Crippen LogP contribution in [0.1, 0.15) is 28.7 Å². The predicted octanol–water partition coefficient (Wildman–Crippen LogP) is 7.87. The van der Waals surface area contributed by atoms with Crippen LogP contribution in [-0.2, 0) is 18.8 Å². The maximum atomic E-state index is 13.1. The Balaban J connectivity index is 0.000000207. The van der Waals surface area contributed by atoms with Crippen molar-refractivity contribution >= 4 is 11.6 Å². The number of nitriles is 1. The highest BCUT2D eigenvalue weighted by Gasteiger charge is 2.21. The predicted molar refractivity (Wildman–Crippen MR) is 164 cm³/mol. The lowest BCUT2D eigenvalue weighted by atomic mass is 9.97. The molecule has 2 aromatic heterocycles. The Hall–Kier alpha value is -4.64. The Kier molecular flexibility index (Phi) is 10.1. The maximum Gasteiger partial charge on any atom is 0.124 e. The largest absolute Gasteiger partial charge is 0.489 e. The summed E-state index contributed by atoms with van der Waals surface area (Å²) in [7, 11) is 0. The van der Waals surface area contributed by atoms with E-state index in [1.54, 1.807) is 42.9 Å². The Bertz CT molecular complexity index is 1710. The van der Waals surface area contributed by atoms with Crippen LogP contribution in [0.3, 0.4) is 0 Å². The van der Waals surface area contributed by atoms with Crippen LogP contribution in [0.5, 0.6) is 5.75 Å². The van der Waals surface area contributed by atoms with E-state index in [4.69, 9.17) is 16.3 Å². The number of benzene rings is 3. The number of rotatable bonds is 7. The third-order valence-electron chi connectivity index (χ3n) is 7.06. The molecule has 8 heteroatoms. The third-order valence-corrected chi connectivity index (χ3v) is 7.37. The Morgan fingerprint density at radius 2 is 1.42 bits per heavy atom. The van der Waals surface area contributed by atoms with Crippen LogP contribution in [-0.4, -0.2) is 22.6 Å². The number of pyridine rings is 2. The first-order valence-electron chi connectivity index (χ1n) is 13.9. The first-order chi connectivity index (χ1) is 21.0. The molecule has 0 fully saturated rings.